The molecule has 10 heteroatoms. The van der Waals surface area contributed by atoms with E-state index >= 15 is 0 Å². The molecule has 0 heterocycles. The quantitative estimate of drug-likeness (QED) is 0.0196. The molecule has 57 heavy (non-hydrogen) atoms. The lowest BCUT2D eigenvalue weighted by Gasteiger charge is -2.28. The van der Waals surface area contributed by atoms with E-state index in [9.17, 15) is 19.0 Å². The largest absolute Gasteiger partial charge is 0.756 e. The number of hydrogen-bond acceptors (Lipinski definition) is 8. The van der Waals surface area contributed by atoms with E-state index in [0.29, 0.717) is 23.9 Å². The molecular weight excluding hydrogens is 737 g/mol. The molecule has 0 amide bonds. The van der Waals surface area contributed by atoms with Gasteiger partial charge in [0.25, 0.3) is 7.82 Å². The van der Waals surface area contributed by atoms with Gasteiger partial charge >= 0.3 is 11.9 Å². The lowest BCUT2D eigenvalue weighted by atomic mass is 10.0. The molecule has 0 spiro atoms. The van der Waals surface area contributed by atoms with E-state index in [-0.39, 0.29) is 26.1 Å². The molecule has 0 bridgehead atoms. The van der Waals surface area contributed by atoms with E-state index in [2.05, 4.69) is 19.9 Å². The Bertz CT molecular complexity index is 985. The van der Waals surface area contributed by atoms with Crippen LogP contribution in [-0.4, -0.2) is 70.0 Å². The Morgan fingerprint density at radius 1 is 0.526 bits per heavy atom. The van der Waals surface area contributed by atoms with Crippen molar-refractivity contribution in [3.8, 4) is 0 Å². The Hall–Kier alpha value is -1.25. The van der Waals surface area contributed by atoms with Gasteiger partial charge in [0.2, 0.25) is 0 Å². The first-order valence-corrected chi connectivity index (χ1v) is 25.4. The van der Waals surface area contributed by atoms with Crippen molar-refractivity contribution in [3.05, 3.63) is 12.2 Å². The molecule has 0 N–H and O–H groups in total. The number of rotatable bonds is 44. The molecule has 0 fully saturated rings. The molecule has 2 atom stereocenters. The number of ether oxygens (including phenoxy) is 2. The van der Waals surface area contributed by atoms with Crippen LogP contribution in [-0.2, 0) is 32.7 Å². The summed E-state index contributed by atoms with van der Waals surface area (Å²) < 4.78 is 33.9. The zero-order valence-corrected chi connectivity index (χ0v) is 38.9. The van der Waals surface area contributed by atoms with Crippen LogP contribution in [0.1, 0.15) is 226 Å². The molecule has 0 aliphatic carbocycles. The fourth-order valence-corrected chi connectivity index (χ4v) is 7.52. The van der Waals surface area contributed by atoms with Crippen LogP contribution in [0.5, 0.6) is 0 Å². The number of esters is 2. The van der Waals surface area contributed by atoms with E-state index in [4.69, 9.17) is 18.5 Å². The van der Waals surface area contributed by atoms with Crippen LogP contribution in [0.25, 0.3) is 0 Å². The van der Waals surface area contributed by atoms with Crippen molar-refractivity contribution < 1.29 is 42.1 Å². The number of nitrogens with zero attached hydrogens (tertiary/aromatic N) is 1. The van der Waals surface area contributed by atoms with Gasteiger partial charge in [-0.25, -0.2) is 0 Å². The maximum atomic E-state index is 12.7. The molecule has 0 aromatic carbocycles. The number of likely N-dealkylation sites (N-methyl/N-ethyl adjacent to an activating group) is 1. The number of phosphoric acid groups is 1. The van der Waals surface area contributed by atoms with Crippen molar-refractivity contribution in [1.82, 2.24) is 0 Å². The van der Waals surface area contributed by atoms with Crippen LogP contribution in [0.4, 0.5) is 0 Å². The number of allylic oxidation sites excluding steroid dienone is 2. The zero-order chi connectivity index (χ0) is 42.1. The van der Waals surface area contributed by atoms with Crippen LogP contribution in [0.15, 0.2) is 12.2 Å². The van der Waals surface area contributed by atoms with Crippen molar-refractivity contribution in [1.29, 1.82) is 0 Å². The predicted molar refractivity (Wildman–Crippen MR) is 236 cm³/mol. The number of carbonyl (C=O) groups is 2. The van der Waals surface area contributed by atoms with Gasteiger partial charge in [-0.05, 0) is 25.7 Å². The predicted octanol–water partition coefficient (Wildman–Crippen LogP) is 13.1. The Morgan fingerprint density at radius 3 is 1.37 bits per heavy atom. The minimum Gasteiger partial charge on any atom is -0.756 e. The summed E-state index contributed by atoms with van der Waals surface area (Å²) in [6.45, 7) is 4.22. The third-order valence-electron chi connectivity index (χ3n) is 10.5. The van der Waals surface area contributed by atoms with Gasteiger partial charge in [0.05, 0.1) is 27.7 Å². The monoisotopic (exact) mass is 830 g/mol. The smallest absolute Gasteiger partial charge is 0.306 e. The second kappa shape index (κ2) is 40.2. The Morgan fingerprint density at radius 2 is 0.930 bits per heavy atom. The summed E-state index contributed by atoms with van der Waals surface area (Å²) in [5.74, 6) is -0.878. The first-order valence-electron chi connectivity index (χ1n) is 23.9. The minimum atomic E-state index is -4.63. The van der Waals surface area contributed by atoms with Crippen LogP contribution >= 0.6 is 7.82 Å². The van der Waals surface area contributed by atoms with Gasteiger partial charge in [-0.15, -0.1) is 0 Å². The average molecular weight is 830 g/mol. The minimum absolute atomic E-state index is 0.0319. The van der Waals surface area contributed by atoms with Gasteiger partial charge < -0.3 is 27.9 Å². The second-order valence-corrected chi connectivity index (χ2v) is 18.9. The zero-order valence-electron chi connectivity index (χ0n) is 38.1. The molecule has 0 aliphatic heterocycles. The van der Waals surface area contributed by atoms with E-state index in [1.165, 1.54) is 161 Å². The first kappa shape index (κ1) is 55.8. The fraction of sp³-hybridized carbons (Fsp3) is 0.915. The lowest BCUT2D eigenvalue weighted by Crippen LogP contribution is -2.37. The summed E-state index contributed by atoms with van der Waals surface area (Å²) >= 11 is 0. The second-order valence-electron chi connectivity index (χ2n) is 17.5. The summed E-state index contributed by atoms with van der Waals surface area (Å²) in [6.07, 6.45) is 42.5. The molecule has 1 unspecified atom stereocenters. The molecule has 0 saturated carbocycles. The van der Waals surface area contributed by atoms with Crippen LogP contribution in [0.3, 0.4) is 0 Å². The molecule has 0 rings (SSSR count). The topological polar surface area (TPSA) is 111 Å². The third kappa shape index (κ3) is 44.1. The fourth-order valence-electron chi connectivity index (χ4n) is 6.79. The Balaban J connectivity index is 4.30. The van der Waals surface area contributed by atoms with Crippen molar-refractivity contribution in [2.75, 3.05) is 47.5 Å². The highest BCUT2D eigenvalue weighted by atomic mass is 31.2. The number of phosphoric ester groups is 1. The number of hydrogen-bond donors (Lipinski definition) is 0. The molecule has 0 aliphatic rings. The summed E-state index contributed by atoms with van der Waals surface area (Å²) in [7, 11) is 1.16. The van der Waals surface area contributed by atoms with E-state index in [1.807, 2.05) is 27.2 Å². The van der Waals surface area contributed by atoms with Crippen LogP contribution < -0.4 is 4.89 Å². The normalized spacial score (nSPS) is 13.6. The number of carbonyl (C=O) groups excluding carboxylic acids is 2. The molecule has 9 nitrogen and oxygen atoms in total. The van der Waals surface area contributed by atoms with E-state index < -0.39 is 32.5 Å². The van der Waals surface area contributed by atoms with E-state index in [0.717, 1.165) is 25.7 Å². The third-order valence-corrected chi connectivity index (χ3v) is 11.5. The summed E-state index contributed by atoms with van der Waals surface area (Å²) in [6, 6.07) is 0. The molecule has 0 radical (unpaired) electrons. The highest BCUT2D eigenvalue weighted by Crippen LogP contribution is 2.38. The van der Waals surface area contributed by atoms with Crippen molar-refractivity contribution in [3.63, 3.8) is 0 Å². The molecule has 0 saturated heterocycles. The lowest BCUT2D eigenvalue weighted by molar-refractivity contribution is -0.870. The average Bonchev–Trinajstić information content (AvgIpc) is 3.16. The number of unbranched alkanes of at least 4 members (excludes halogenated alkanes) is 28. The first-order chi connectivity index (χ1) is 27.5. The van der Waals surface area contributed by atoms with Gasteiger partial charge in [-0.1, -0.05) is 199 Å². The Kier molecular flexibility index (Phi) is 39.3. The number of quaternary nitrogens is 1. The maximum absolute atomic E-state index is 12.7. The van der Waals surface area contributed by atoms with Crippen molar-refractivity contribution >= 4 is 19.8 Å². The van der Waals surface area contributed by atoms with Gasteiger partial charge in [-0.3, -0.25) is 14.2 Å². The summed E-state index contributed by atoms with van der Waals surface area (Å²) in [4.78, 5) is 37.6. The molecule has 338 valence electrons. The van der Waals surface area contributed by atoms with Gasteiger partial charge in [0.15, 0.2) is 6.10 Å². The van der Waals surface area contributed by atoms with Gasteiger partial charge in [0.1, 0.15) is 19.8 Å². The molecular formula is C47H92NO8P. The maximum Gasteiger partial charge on any atom is 0.306 e. The summed E-state index contributed by atoms with van der Waals surface area (Å²) in [5.41, 5.74) is 0. The molecule has 0 aromatic heterocycles. The molecule has 0 aromatic rings. The highest BCUT2D eigenvalue weighted by molar-refractivity contribution is 7.45. The SMILES string of the molecule is CCCCCCCCCCCCC/C=C/CCC(=O)OC[C@H](COP(=O)([O-])OCC[N+](C)(C)C)OC(=O)CCCCCCCCCCCCCCCCCCCC. The van der Waals surface area contributed by atoms with Crippen molar-refractivity contribution in [2.45, 2.75) is 232 Å². The van der Waals surface area contributed by atoms with E-state index in [1.54, 1.807) is 0 Å². The standard InChI is InChI=1S/C47H92NO8P/c1-6-8-10-12-14-16-18-20-22-23-24-26-28-30-32-34-36-38-40-47(50)56-45(44-55-57(51,52)54-42-41-48(3,4)5)43-53-46(49)39-37-35-33-31-29-27-25-21-19-17-15-13-11-9-7-2/h33,35,45H,6-32,34,36-44H2,1-5H3/b35-33+/t45-/m1/s1. The Labute approximate surface area is 352 Å². The summed E-state index contributed by atoms with van der Waals surface area (Å²) in [5, 5.41) is 0. The highest BCUT2D eigenvalue weighted by Gasteiger charge is 2.21. The van der Waals surface area contributed by atoms with Crippen LogP contribution in [0.2, 0.25) is 0 Å². The van der Waals surface area contributed by atoms with Crippen LogP contribution in [0, 0.1) is 0 Å². The van der Waals surface area contributed by atoms with Gasteiger partial charge in [-0.2, -0.15) is 0 Å². The van der Waals surface area contributed by atoms with Crippen molar-refractivity contribution in [2.24, 2.45) is 0 Å². The van der Waals surface area contributed by atoms with Gasteiger partial charge in [0, 0.05) is 12.8 Å².